The molecule has 2 aromatic rings. The fourth-order valence-electron chi connectivity index (χ4n) is 3.81. The summed E-state index contributed by atoms with van der Waals surface area (Å²) in [6.07, 6.45) is -1.12. The first kappa shape index (κ1) is 19.8. The molecule has 9 heteroatoms. The molecule has 0 atom stereocenters. The number of carbonyl (C=O) groups is 1. The van der Waals surface area contributed by atoms with Gasteiger partial charge in [-0.05, 0) is 43.7 Å². The highest BCUT2D eigenvalue weighted by atomic mass is 35.5. The van der Waals surface area contributed by atoms with Crippen LogP contribution in [-0.4, -0.2) is 21.9 Å². The molecule has 0 aromatic carbocycles. The van der Waals surface area contributed by atoms with Crippen molar-refractivity contribution >= 4 is 34.7 Å². The van der Waals surface area contributed by atoms with E-state index in [0.717, 1.165) is 35.4 Å². The number of halogens is 4. The van der Waals surface area contributed by atoms with Crippen molar-refractivity contribution in [2.75, 3.05) is 5.32 Å². The van der Waals surface area contributed by atoms with Crippen LogP contribution < -0.4 is 5.32 Å². The third kappa shape index (κ3) is 3.68. The minimum absolute atomic E-state index is 0.0230. The number of amides is 1. The zero-order valence-corrected chi connectivity index (χ0v) is 17.0. The SMILES string of the molecule is Cn1nc(Cc2ccc(Cl)s2)c(C2CCC2)c1NC(=O)CC1(C(F)(F)F)CC1. The molecule has 4 nitrogen and oxygen atoms in total. The van der Waals surface area contributed by atoms with Gasteiger partial charge in [0.25, 0.3) is 0 Å². The number of alkyl halides is 3. The van der Waals surface area contributed by atoms with Crippen LogP contribution in [0, 0.1) is 5.41 Å². The Kier molecular flexibility index (Phi) is 4.98. The van der Waals surface area contributed by atoms with Crippen LogP contribution in [0.1, 0.15) is 60.6 Å². The van der Waals surface area contributed by atoms with Crippen LogP contribution in [0.25, 0.3) is 0 Å². The van der Waals surface area contributed by atoms with Gasteiger partial charge in [0, 0.05) is 30.3 Å². The molecule has 152 valence electrons. The van der Waals surface area contributed by atoms with Crippen molar-refractivity contribution in [3.63, 3.8) is 0 Å². The highest BCUT2D eigenvalue weighted by molar-refractivity contribution is 7.16. The molecule has 2 aliphatic rings. The number of aryl methyl sites for hydroxylation is 1. The molecule has 1 N–H and O–H groups in total. The molecule has 1 amide bonds. The number of anilines is 1. The second kappa shape index (κ2) is 7.06. The van der Waals surface area contributed by atoms with Gasteiger partial charge < -0.3 is 5.32 Å². The summed E-state index contributed by atoms with van der Waals surface area (Å²) in [6.45, 7) is 0. The quantitative estimate of drug-likeness (QED) is 0.641. The smallest absolute Gasteiger partial charge is 0.311 e. The maximum absolute atomic E-state index is 13.2. The summed E-state index contributed by atoms with van der Waals surface area (Å²) in [7, 11) is 1.72. The number of rotatable bonds is 6. The topological polar surface area (TPSA) is 46.9 Å². The van der Waals surface area contributed by atoms with E-state index in [1.165, 1.54) is 11.3 Å². The molecular weight excluding hydrogens is 411 g/mol. The molecule has 0 spiro atoms. The second-order valence-electron chi connectivity index (χ2n) is 7.85. The van der Waals surface area contributed by atoms with Gasteiger partial charge in [0.1, 0.15) is 5.82 Å². The zero-order valence-electron chi connectivity index (χ0n) is 15.4. The van der Waals surface area contributed by atoms with Gasteiger partial charge in [-0.2, -0.15) is 18.3 Å². The van der Waals surface area contributed by atoms with Crippen LogP contribution in [0.3, 0.4) is 0 Å². The third-order valence-electron chi connectivity index (χ3n) is 5.86. The first-order valence-corrected chi connectivity index (χ1v) is 10.5. The predicted octanol–water partition coefficient (Wildman–Crippen LogP) is 5.66. The van der Waals surface area contributed by atoms with Gasteiger partial charge in [0.05, 0.1) is 15.4 Å². The van der Waals surface area contributed by atoms with E-state index >= 15 is 0 Å². The Bertz CT molecular complexity index is 897. The van der Waals surface area contributed by atoms with Gasteiger partial charge in [-0.3, -0.25) is 9.48 Å². The largest absolute Gasteiger partial charge is 0.395 e. The molecule has 2 saturated carbocycles. The molecule has 0 unspecified atom stereocenters. The molecule has 0 saturated heterocycles. The normalized spacial score (nSPS) is 18.8. The van der Waals surface area contributed by atoms with Crippen LogP contribution in [0.2, 0.25) is 4.34 Å². The number of nitrogens with one attached hydrogen (secondary N) is 1. The highest BCUT2D eigenvalue weighted by Crippen LogP contribution is 2.60. The van der Waals surface area contributed by atoms with Crippen molar-refractivity contribution in [1.29, 1.82) is 0 Å². The molecule has 0 radical (unpaired) electrons. The third-order valence-corrected chi connectivity index (χ3v) is 7.09. The monoisotopic (exact) mass is 431 g/mol. The van der Waals surface area contributed by atoms with Gasteiger partial charge in [0.2, 0.25) is 5.91 Å². The summed E-state index contributed by atoms with van der Waals surface area (Å²) in [6, 6.07) is 3.78. The van der Waals surface area contributed by atoms with E-state index in [2.05, 4.69) is 10.4 Å². The van der Waals surface area contributed by atoms with Crippen LogP contribution >= 0.6 is 22.9 Å². The van der Waals surface area contributed by atoms with Gasteiger partial charge in [-0.25, -0.2) is 0 Å². The van der Waals surface area contributed by atoms with Crippen LogP contribution in [-0.2, 0) is 18.3 Å². The molecule has 2 fully saturated rings. The maximum atomic E-state index is 13.2. The Balaban J connectivity index is 1.57. The molecule has 2 aromatic heterocycles. The van der Waals surface area contributed by atoms with Gasteiger partial charge in [-0.15, -0.1) is 11.3 Å². The number of nitrogens with zero attached hydrogens (tertiary/aromatic N) is 2. The van der Waals surface area contributed by atoms with E-state index < -0.39 is 23.9 Å². The highest BCUT2D eigenvalue weighted by Gasteiger charge is 2.63. The average molecular weight is 432 g/mol. The predicted molar refractivity (Wildman–Crippen MR) is 103 cm³/mol. The van der Waals surface area contributed by atoms with E-state index in [-0.39, 0.29) is 18.8 Å². The molecule has 0 bridgehead atoms. The van der Waals surface area contributed by atoms with Crippen molar-refractivity contribution in [2.24, 2.45) is 12.5 Å². The lowest BCUT2D eigenvalue weighted by molar-refractivity contribution is -0.189. The van der Waals surface area contributed by atoms with E-state index in [9.17, 15) is 18.0 Å². The number of carbonyl (C=O) groups excluding carboxylic acids is 1. The van der Waals surface area contributed by atoms with Crippen LogP contribution in [0.5, 0.6) is 0 Å². The number of hydrogen-bond donors (Lipinski definition) is 1. The first-order valence-electron chi connectivity index (χ1n) is 9.35. The molecule has 2 heterocycles. The average Bonchev–Trinajstić information content (AvgIpc) is 3.15. The van der Waals surface area contributed by atoms with Gasteiger partial charge in [-0.1, -0.05) is 18.0 Å². The summed E-state index contributed by atoms with van der Waals surface area (Å²) in [5.74, 6) is 0.223. The standard InChI is InChI=1S/C19H21ClF3N3OS/c1-26-17(24-15(27)10-18(7-8-18)19(21,22)23)16(11-3-2-4-11)13(25-26)9-12-5-6-14(20)28-12/h5-6,11H,2-4,7-10H2,1H3,(H,24,27). The van der Waals surface area contributed by atoms with E-state index in [1.807, 2.05) is 12.1 Å². The van der Waals surface area contributed by atoms with E-state index in [4.69, 9.17) is 11.6 Å². The molecule has 2 aliphatic carbocycles. The minimum Gasteiger partial charge on any atom is -0.311 e. The van der Waals surface area contributed by atoms with Crippen molar-refractivity contribution in [1.82, 2.24) is 9.78 Å². The van der Waals surface area contributed by atoms with E-state index in [1.54, 1.807) is 11.7 Å². The Hall–Kier alpha value is -1.54. The lowest BCUT2D eigenvalue weighted by atomic mass is 9.79. The number of hydrogen-bond acceptors (Lipinski definition) is 3. The minimum atomic E-state index is -4.34. The summed E-state index contributed by atoms with van der Waals surface area (Å²) >= 11 is 7.50. The maximum Gasteiger partial charge on any atom is 0.395 e. The van der Waals surface area contributed by atoms with Crippen molar-refractivity contribution < 1.29 is 18.0 Å². The van der Waals surface area contributed by atoms with Gasteiger partial charge in [0.15, 0.2) is 0 Å². The summed E-state index contributed by atoms with van der Waals surface area (Å²) in [5, 5.41) is 7.32. The zero-order chi connectivity index (χ0) is 20.1. The lowest BCUT2D eigenvalue weighted by Gasteiger charge is -2.27. The van der Waals surface area contributed by atoms with E-state index in [0.29, 0.717) is 16.6 Å². The van der Waals surface area contributed by atoms with Crippen LogP contribution in [0.15, 0.2) is 12.1 Å². The fraction of sp³-hybridized carbons (Fsp3) is 0.579. The lowest BCUT2D eigenvalue weighted by Crippen LogP contribution is -2.30. The summed E-state index contributed by atoms with van der Waals surface area (Å²) in [4.78, 5) is 13.5. The van der Waals surface area contributed by atoms with Crippen LogP contribution in [0.4, 0.5) is 19.0 Å². The molecule has 0 aliphatic heterocycles. The number of aromatic nitrogens is 2. The fourth-order valence-corrected chi connectivity index (χ4v) is 4.90. The Morgan fingerprint density at radius 3 is 2.61 bits per heavy atom. The second-order valence-corrected chi connectivity index (χ2v) is 9.65. The Morgan fingerprint density at radius 2 is 2.11 bits per heavy atom. The van der Waals surface area contributed by atoms with Crippen molar-refractivity contribution in [3.8, 4) is 0 Å². The van der Waals surface area contributed by atoms with Crippen molar-refractivity contribution in [3.05, 3.63) is 32.6 Å². The molecular formula is C19H21ClF3N3OS. The first-order chi connectivity index (χ1) is 13.2. The summed E-state index contributed by atoms with van der Waals surface area (Å²) < 4.78 is 41.8. The Labute approximate surface area is 170 Å². The van der Waals surface area contributed by atoms with Gasteiger partial charge >= 0.3 is 6.18 Å². The molecule has 28 heavy (non-hydrogen) atoms. The van der Waals surface area contributed by atoms with Crippen molar-refractivity contribution in [2.45, 2.75) is 57.0 Å². The number of thiophene rings is 1. The molecule has 4 rings (SSSR count). The Morgan fingerprint density at radius 1 is 1.39 bits per heavy atom. The summed E-state index contributed by atoms with van der Waals surface area (Å²) in [5.41, 5.74) is -0.0236.